The molecule has 28 heavy (non-hydrogen) atoms. The van der Waals surface area contributed by atoms with Crippen molar-refractivity contribution in [3.05, 3.63) is 60.5 Å². The Morgan fingerprint density at radius 2 is 1.93 bits per heavy atom. The van der Waals surface area contributed by atoms with Gasteiger partial charge in [0.25, 0.3) is 0 Å². The number of nitrogens with zero attached hydrogens (tertiary/aromatic N) is 2. The first-order valence-electron chi connectivity index (χ1n) is 7.89. The predicted octanol–water partition coefficient (Wildman–Crippen LogP) is 5.34. The average Bonchev–Trinajstić information content (AvgIpc) is 3.08. The van der Waals surface area contributed by atoms with Gasteiger partial charge in [-0.1, -0.05) is 17.4 Å². The molecule has 0 unspecified atom stereocenters. The Hall–Kier alpha value is -3.27. The van der Waals surface area contributed by atoms with Crippen LogP contribution >= 0.6 is 11.3 Å². The maximum Gasteiger partial charge on any atom is 0.387 e. The normalized spacial score (nSPS) is 10.6. The van der Waals surface area contributed by atoms with Crippen LogP contribution in [0.15, 0.2) is 54.7 Å². The van der Waals surface area contributed by atoms with Crippen LogP contribution in [0.25, 0.3) is 0 Å². The summed E-state index contributed by atoms with van der Waals surface area (Å²) in [5, 5.41) is 3.24. The van der Waals surface area contributed by atoms with Crippen molar-refractivity contribution in [2.75, 3.05) is 17.3 Å². The van der Waals surface area contributed by atoms with Gasteiger partial charge in [0.2, 0.25) is 5.06 Å². The molecule has 0 aliphatic rings. The van der Waals surface area contributed by atoms with Gasteiger partial charge >= 0.3 is 12.6 Å². The van der Waals surface area contributed by atoms with Crippen molar-refractivity contribution in [2.45, 2.75) is 6.61 Å². The number of carbonyl (C=O) groups excluding carboxylic acids is 1. The van der Waals surface area contributed by atoms with E-state index in [1.807, 2.05) is 0 Å². The van der Waals surface area contributed by atoms with Crippen molar-refractivity contribution in [3.63, 3.8) is 0 Å². The fourth-order valence-electron chi connectivity index (χ4n) is 2.15. The van der Waals surface area contributed by atoms with Gasteiger partial charge < -0.3 is 9.47 Å². The third-order valence-electron chi connectivity index (χ3n) is 3.47. The lowest BCUT2D eigenvalue weighted by atomic mass is 10.3. The number of rotatable bonds is 6. The molecule has 1 heterocycles. The van der Waals surface area contributed by atoms with Crippen LogP contribution in [-0.2, 0) is 0 Å². The number of thiazole rings is 1. The smallest absolute Gasteiger partial charge is 0.387 e. The highest BCUT2D eigenvalue weighted by molar-refractivity contribution is 7.17. The maximum atomic E-state index is 13.2. The fraction of sp³-hybridized carbons (Fsp3) is 0.111. The minimum absolute atomic E-state index is 0.00776. The number of aromatic nitrogens is 1. The summed E-state index contributed by atoms with van der Waals surface area (Å²) >= 11 is 1.07. The summed E-state index contributed by atoms with van der Waals surface area (Å²) in [6, 6.07) is 10.8. The lowest BCUT2D eigenvalue weighted by Gasteiger charge is -2.17. The van der Waals surface area contributed by atoms with Crippen molar-refractivity contribution in [3.8, 4) is 16.6 Å². The van der Waals surface area contributed by atoms with Crippen LogP contribution in [0, 0.1) is 5.82 Å². The molecule has 0 aliphatic carbocycles. The lowest BCUT2D eigenvalue weighted by molar-refractivity contribution is -0.0498. The number of anilines is 2. The van der Waals surface area contributed by atoms with Gasteiger partial charge in [-0.25, -0.2) is 14.2 Å². The minimum Gasteiger partial charge on any atom is -0.445 e. The molecule has 0 bridgehead atoms. The van der Waals surface area contributed by atoms with Gasteiger partial charge in [0, 0.05) is 18.8 Å². The van der Waals surface area contributed by atoms with Gasteiger partial charge in [0.1, 0.15) is 17.3 Å². The molecule has 146 valence electrons. The Morgan fingerprint density at radius 1 is 1.18 bits per heavy atom. The molecule has 0 fully saturated rings. The quantitative estimate of drug-likeness (QED) is 0.597. The third-order valence-corrected chi connectivity index (χ3v) is 4.26. The zero-order valence-corrected chi connectivity index (χ0v) is 15.3. The van der Waals surface area contributed by atoms with Crippen molar-refractivity contribution in [1.29, 1.82) is 0 Å². The number of hydrogen-bond donors (Lipinski definition) is 1. The molecule has 0 saturated heterocycles. The van der Waals surface area contributed by atoms with Crippen molar-refractivity contribution >= 4 is 28.2 Å². The number of hydrogen-bond acceptors (Lipinski definition) is 5. The first-order chi connectivity index (χ1) is 13.4. The summed E-state index contributed by atoms with van der Waals surface area (Å²) in [4.78, 5) is 17.6. The van der Waals surface area contributed by atoms with Crippen LogP contribution in [0.2, 0.25) is 0 Å². The van der Waals surface area contributed by atoms with Gasteiger partial charge in [-0.3, -0.25) is 10.2 Å². The molecule has 0 aliphatic heterocycles. The van der Waals surface area contributed by atoms with Crippen LogP contribution < -0.4 is 19.7 Å². The molecule has 0 spiro atoms. The molecule has 0 saturated carbocycles. The highest BCUT2D eigenvalue weighted by atomic mass is 32.1. The van der Waals surface area contributed by atoms with E-state index < -0.39 is 18.5 Å². The SMILES string of the molecule is CN(C(=O)Nc1ncc(Oc2cccc(F)c2)s1)c1ccc(OC(F)F)cc1. The topological polar surface area (TPSA) is 63.7 Å². The average molecular weight is 409 g/mol. The molecule has 2 amide bonds. The Bertz CT molecular complexity index is 951. The summed E-state index contributed by atoms with van der Waals surface area (Å²) in [5.74, 6) is -0.126. The number of amides is 2. The number of ether oxygens (including phenoxy) is 2. The molecule has 3 rings (SSSR count). The summed E-state index contributed by atoms with van der Waals surface area (Å²) < 4.78 is 47.3. The standard InChI is InChI=1S/C18H14F3N3O3S/c1-24(12-5-7-13(8-6-12)27-16(20)21)18(25)23-17-22-10-15(28-17)26-14-4-2-3-11(19)9-14/h2-10,16H,1H3,(H,22,23,25). The molecule has 0 radical (unpaired) electrons. The van der Waals surface area contributed by atoms with E-state index in [-0.39, 0.29) is 10.9 Å². The number of alkyl halides is 2. The van der Waals surface area contributed by atoms with E-state index in [1.54, 1.807) is 6.07 Å². The van der Waals surface area contributed by atoms with Crippen LogP contribution in [0.5, 0.6) is 16.6 Å². The zero-order valence-electron chi connectivity index (χ0n) is 14.4. The van der Waals surface area contributed by atoms with Crippen molar-refractivity contribution in [2.24, 2.45) is 0 Å². The lowest BCUT2D eigenvalue weighted by Crippen LogP contribution is -2.31. The van der Waals surface area contributed by atoms with Crippen LogP contribution in [0.3, 0.4) is 0 Å². The fourth-order valence-corrected chi connectivity index (χ4v) is 2.83. The molecule has 1 aromatic heterocycles. The van der Waals surface area contributed by atoms with E-state index in [4.69, 9.17) is 4.74 Å². The Kier molecular flexibility index (Phi) is 5.99. The van der Waals surface area contributed by atoms with Gasteiger partial charge in [0.15, 0.2) is 5.13 Å². The molecule has 2 aromatic carbocycles. The van der Waals surface area contributed by atoms with Crippen molar-refractivity contribution < 1.29 is 27.4 Å². The molecular weight excluding hydrogens is 395 g/mol. The van der Waals surface area contributed by atoms with E-state index in [0.29, 0.717) is 16.5 Å². The summed E-state index contributed by atoms with van der Waals surface area (Å²) in [5.41, 5.74) is 0.465. The molecule has 0 atom stereocenters. The molecule has 6 nitrogen and oxygen atoms in total. The second kappa shape index (κ2) is 8.61. The van der Waals surface area contributed by atoms with Crippen LogP contribution in [0.4, 0.5) is 28.8 Å². The van der Waals surface area contributed by atoms with Gasteiger partial charge in [-0.2, -0.15) is 8.78 Å². The van der Waals surface area contributed by atoms with E-state index in [2.05, 4.69) is 15.0 Å². The van der Waals surface area contributed by atoms with E-state index in [0.717, 1.165) is 11.3 Å². The second-order valence-corrected chi connectivity index (χ2v) is 6.40. The largest absolute Gasteiger partial charge is 0.445 e. The maximum absolute atomic E-state index is 13.2. The number of nitrogens with one attached hydrogen (secondary N) is 1. The minimum atomic E-state index is -2.92. The Morgan fingerprint density at radius 3 is 2.61 bits per heavy atom. The Labute approximate surface area is 162 Å². The summed E-state index contributed by atoms with van der Waals surface area (Å²) in [6.07, 6.45) is 1.40. The highest BCUT2D eigenvalue weighted by Crippen LogP contribution is 2.31. The molecule has 1 N–H and O–H groups in total. The van der Waals surface area contributed by atoms with E-state index in [9.17, 15) is 18.0 Å². The second-order valence-electron chi connectivity index (χ2n) is 5.41. The van der Waals surface area contributed by atoms with Gasteiger partial charge in [-0.05, 0) is 36.4 Å². The van der Waals surface area contributed by atoms with E-state index >= 15 is 0 Å². The number of halogens is 3. The van der Waals surface area contributed by atoms with Gasteiger partial charge in [-0.15, -0.1) is 0 Å². The van der Waals surface area contributed by atoms with Crippen molar-refractivity contribution in [1.82, 2.24) is 4.98 Å². The molecule has 3 aromatic rings. The summed E-state index contributed by atoms with van der Waals surface area (Å²) in [7, 11) is 1.51. The Balaban J connectivity index is 1.60. The number of benzene rings is 2. The third kappa shape index (κ3) is 5.13. The predicted molar refractivity (Wildman–Crippen MR) is 99.1 cm³/mol. The first-order valence-corrected chi connectivity index (χ1v) is 8.71. The number of carbonyl (C=O) groups is 1. The highest BCUT2D eigenvalue weighted by Gasteiger charge is 2.14. The van der Waals surface area contributed by atoms with Crippen LogP contribution in [0.1, 0.15) is 0 Å². The van der Waals surface area contributed by atoms with E-state index in [1.165, 1.54) is 60.6 Å². The zero-order chi connectivity index (χ0) is 20.1. The van der Waals surface area contributed by atoms with Crippen LogP contribution in [-0.4, -0.2) is 24.7 Å². The molecule has 10 heteroatoms. The first kappa shape index (κ1) is 19.5. The molecular formula is C18H14F3N3O3S. The van der Waals surface area contributed by atoms with Gasteiger partial charge in [0.05, 0.1) is 6.20 Å². The number of urea groups is 1. The monoisotopic (exact) mass is 409 g/mol. The summed E-state index contributed by atoms with van der Waals surface area (Å²) in [6.45, 7) is -2.92.